The average Bonchev–Trinajstić information content (AvgIpc) is 2.64. The van der Waals surface area contributed by atoms with Gasteiger partial charge in [-0.1, -0.05) is 48.5 Å². The third-order valence-electron chi connectivity index (χ3n) is 3.90. The van der Waals surface area contributed by atoms with Gasteiger partial charge in [0.15, 0.2) is 0 Å². The van der Waals surface area contributed by atoms with Crippen LogP contribution in [0.5, 0.6) is 5.75 Å². The van der Waals surface area contributed by atoms with Crippen molar-refractivity contribution in [3.63, 3.8) is 0 Å². The van der Waals surface area contributed by atoms with Crippen LogP contribution in [0.4, 0.5) is 0 Å². The minimum Gasteiger partial charge on any atom is -0.497 e. The molecule has 0 radical (unpaired) electrons. The van der Waals surface area contributed by atoms with E-state index in [4.69, 9.17) is 14.2 Å². The Hall–Kier alpha value is -2.10. The average molecular weight is 326 g/mol. The lowest BCUT2D eigenvalue weighted by atomic mass is 10.1. The second kappa shape index (κ2) is 9.91. The van der Waals surface area contributed by atoms with E-state index < -0.39 is 0 Å². The molecule has 0 bridgehead atoms. The van der Waals surface area contributed by atoms with Gasteiger partial charge in [-0.2, -0.15) is 0 Å². The number of ether oxygens (including phenoxy) is 3. The van der Waals surface area contributed by atoms with E-state index in [1.807, 2.05) is 55.5 Å². The first-order valence-electron chi connectivity index (χ1n) is 8.24. The van der Waals surface area contributed by atoms with Gasteiger partial charge in [0, 0.05) is 0 Å². The topological polar surface area (TPSA) is 27.7 Å². The molecule has 0 spiro atoms. The Kier molecular flexibility index (Phi) is 7.53. The highest BCUT2D eigenvalue weighted by Gasteiger charge is 2.17. The standard InChI is InChI=1S/C21H26O3/c1-4-8-21(17(2)23-15-18-9-6-5-7-10-18)24-16-19-11-13-20(22-3)14-12-19/h4-7,9-14,17,21H,1,8,15-16H2,2-3H3. The van der Waals surface area contributed by atoms with Crippen LogP contribution in [0.25, 0.3) is 0 Å². The van der Waals surface area contributed by atoms with Crippen molar-refractivity contribution in [2.45, 2.75) is 38.8 Å². The van der Waals surface area contributed by atoms with Gasteiger partial charge in [0.25, 0.3) is 0 Å². The Balaban J connectivity index is 1.86. The van der Waals surface area contributed by atoms with E-state index in [1.54, 1.807) is 7.11 Å². The molecule has 2 aromatic carbocycles. The summed E-state index contributed by atoms with van der Waals surface area (Å²) in [4.78, 5) is 0. The van der Waals surface area contributed by atoms with Crippen molar-refractivity contribution in [2.75, 3.05) is 7.11 Å². The van der Waals surface area contributed by atoms with Crippen LogP contribution in [0.15, 0.2) is 67.3 Å². The molecule has 2 atom stereocenters. The molecule has 0 aliphatic carbocycles. The molecule has 0 aromatic heterocycles. The Labute approximate surface area is 144 Å². The Bertz CT molecular complexity index is 592. The molecule has 0 fully saturated rings. The first kappa shape index (κ1) is 18.2. The highest BCUT2D eigenvalue weighted by molar-refractivity contribution is 5.26. The molecule has 0 amide bonds. The van der Waals surface area contributed by atoms with Crippen LogP contribution in [0, 0.1) is 0 Å². The van der Waals surface area contributed by atoms with E-state index in [2.05, 4.69) is 18.7 Å². The van der Waals surface area contributed by atoms with Gasteiger partial charge in [-0.25, -0.2) is 0 Å². The summed E-state index contributed by atoms with van der Waals surface area (Å²) in [6.45, 7) is 7.00. The Morgan fingerprint density at radius 1 is 0.917 bits per heavy atom. The number of hydrogen-bond acceptors (Lipinski definition) is 3. The molecule has 128 valence electrons. The maximum Gasteiger partial charge on any atom is 0.118 e. The van der Waals surface area contributed by atoms with Gasteiger partial charge in [-0.15, -0.1) is 6.58 Å². The van der Waals surface area contributed by atoms with Crippen molar-refractivity contribution in [3.8, 4) is 5.75 Å². The van der Waals surface area contributed by atoms with Gasteiger partial charge in [0.05, 0.1) is 32.5 Å². The monoisotopic (exact) mass is 326 g/mol. The molecule has 3 nitrogen and oxygen atoms in total. The molecular formula is C21H26O3. The van der Waals surface area contributed by atoms with Gasteiger partial charge in [0.2, 0.25) is 0 Å². The quantitative estimate of drug-likeness (QED) is 0.589. The largest absolute Gasteiger partial charge is 0.497 e. The smallest absolute Gasteiger partial charge is 0.118 e. The van der Waals surface area contributed by atoms with Crippen LogP contribution in [0.2, 0.25) is 0 Å². The summed E-state index contributed by atoms with van der Waals surface area (Å²) in [5.41, 5.74) is 2.27. The molecule has 2 unspecified atom stereocenters. The summed E-state index contributed by atoms with van der Waals surface area (Å²) in [6, 6.07) is 18.1. The van der Waals surface area contributed by atoms with Crippen molar-refractivity contribution in [1.29, 1.82) is 0 Å². The highest BCUT2D eigenvalue weighted by atomic mass is 16.5. The zero-order chi connectivity index (χ0) is 17.2. The fourth-order valence-electron chi connectivity index (χ4n) is 2.39. The summed E-state index contributed by atoms with van der Waals surface area (Å²) in [5, 5.41) is 0. The number of benzene rings is 2. The Morgan fingerprint density at radius 2 is 1.54 bits per heavy atom. The van der Waals surface area contributed by atoms with Gasteiger partial charge in [-0.05, 0) is 36.6 Å². The molecule has 0 saturated carbocycles. The second-order valence-corrected chi connectivity index (χ2v) is 5.72. The molecule has 0 N–H and O–H groups in total. The van der Waals surface area contributed by atoms with E-state index >= 15 is 0 Å². The molecule has 0 aliphatic rings. The van der Waals surface area contributed by atoms with Gasteiger partial charge in [0.1, 0.15) is 5.75 Å². The number of rotatable bonds is 10. The van der Waals surface area contributed by atoms with E-state index in [0.717, 1.165) is 23.3 Å². The third-order valence-corrected chi connectivity index (χ3v) is 3.90. The van der Waals surface area contributed by atoms with E-state index in [0.29, 0.717) is 13.2 Å². The van der Waals surface area contributed by atoms with Crippen molar-refractivity contribution in [3.05, 3.63) is 78.4 Å². The molecule has 0 aliphatic heterocycles. The lowest BCUT2D eigenvalue weighted by Crippen LogP contribution is -2.28. The zero-order valence-corrected chi connectivity index (χ0v) is 14.5. The fraction of sp³-hybridized carbons (Fsp3) is 0.333. The number of methoxy groups -OCH3 is 1. The maximum atomic E-state index is 6.06. The van der Waals surface area contributed by atoms with E-state index in [-0.39, 0.29) is 12.2 Å². The SMILES string of the molecule is C=CCC(OCc1ccc(OC)cc1)C(C)OCc1ccccc1. The summed E-state index contributed by atoms with van der Waals surface area (Å²) >= 11 is 0. The summed E-state index contributed by atoms with van der Waals surface area (Å²) < 4.78 is 17.2. The van der Waals surface area contributed by atoms with Crippen molar-refractivity contribution in [2.24, 2.45) is 0 Å². The highest BCUT2D eigenvalue weighted by Crippen LogP contribution is 2.16. The Morgan fingerprint density at radius 3 is 2.17 bits per heavy atom. The molecule has 0 saturated heterocycles. The van der Waals surface area contributed by atoms with E-state index in [1.165, 1.54) is 0 Å². The van der Waals surface area contributed by atoms with Gasteiger partial charge in [-0.3, -0.25) is 0 Å². The molecular weight excluding hydrogens is 300 g/mol. The zero-order valence-electron chi connectivity index (χ0n) is 14.5. The third kappa shape index (κ3) is 5.84. The number of hydrogen-bond donors (Lipinski definition) is 0. The van der Waals surface area contributed by atoms with Crippen LogP contribution in [0.3, 0.4) is 0 Å². The van der Waals surface area contributed by atoms with Crippen LogP contribution in [-0.2, 0) is 22.7 Å². The molecule has 2 aromatic rings. The second-order valence-electron chi connectivity index (χ2n) is 5.72. The lowest BCUT2D eigenvalue weighted by molar-refractivity contribution is -0.0756. The normalized spacial score (nSPS) is 13.2. The van der Waals surface area contributed by atoms with Crippen LogP contribution < -0.4 is 4.74 Å². The van der Waals surface area contributed by atoms with Gasteiger partial charge >= 0.3 is 0 Å². The van der Waals surface area contributed by atoms with Crippen LogP contribution >= 0.6 is 0 Å². The molecule has 3 heteroatoms. The predicted molar refractivity (Wildman–Crippen MR) is 97.1 cm³/mol. The fourth-order valence-corrected chi connectivity index (χ4v) is 2.39. The lowest BCUT2D eigenvalue weighted by Gasteiger charge is -2.24. The van der Waals surface area contributed by atoms with Crippen molar-refractivity contribution >= 4 is 0 Å². The van der Waals surface area contributed by atoms with Crippen molar-refractivity contribution in [1.82, 2.24) is 0 Å². The van der Waals surface area contributed by atoms with E-state index in [9.17, 15) is 0 Å². The summed E-state index contributed by atoms with van der Waals surface area (Å²) in [7, 11) is 1.66. The summed E-state index contributed by atoms with van der Waals surface area (Å²) in [6.07, 6.45) is 2.60. The van der Waals surface area contributed by atoms with Crippen molar-refractivity contribution < 1.29 is 14.2 Å². The summed E-state index contributed by atoms with van der Waals surface area (Å²) in [5.74, 6) is 0.848. The first-order chi connectivity index (χ1) is 11.7. The molecule has 24 heavy (non-hydrogen) atoms. The minimum atomic E-state index is -0.0201. The van der Waals surface area contributed by atoms with Crippen LogP contribution in [0.1, 0.15) is 24.5 Å². The van der Waals surface area contributed by atoms with Crippen LogP contribution in [-0.4, -0.2) is 19.3 Å². The first-order valence-corrected chi connectivity index (χ1v) is 8.24. The predicted octanol–water partition coefficient (Wildman–Crippen LogP) is 4.76. The molecule has 2 rings (SSSR count). The minimum absolute atomic E-state index is 0.0125. The maximum absolute atomic E-state index is 6.06. The van der Waals surface area contributed by atoms with Gasteiger partial charge < -0.3 is 14.2 Å². The molecule has 0 heterocycles.